The van der Waals surface area contributed by atoms with Crippen LogP contribution in [0.15, 0.2) is 23.0 Å². The highest BCUT2D eigenvalue weighted by Crippen LogP contribution is 2.24. The number of ether oxygens (including phenoxy) is 1. The van der Waals surface area contributed by atoms with Crippen molar-refractivity contribution in [3.8, 4) is 0 Å². The van der Waals surface area contributed by atoms with Crippen molar-refractivity contribution in [2.45, 2.75) is 64.7 Å². The van der Waals surface area contributed by atoms with E-state index in [4.69, 9.17) is 9.84 Å². The van der Waals surface area contributed by atoms with Gasteiger partial charge in [0.25, 0.3) is 0 Å². The monoisotopic (exact) mass is 308 g/mol. The summed E-state index contributed by atoms with van der Waals surface area (Å²) in [5.41, 5.74) is 1.18. The highest BCUT2D eigenvalue weighted by atomic mass is 16.5. The number of hydrogen-bond acceptors (Lipinski definition) is 4. The molecule has 0 atom stereocenters. The van der Waals surface area contributed by atoms with Crippen molar-refractivity contribution >= 4 is 11.6 Å². The van der Waals surface area contributed by atoms with Gasteiger partial charge in [-0.3, -0.25) is 9.59 Å². The Balaban J connectivity index is 2.23. The minimum Gasteiger partial charge on any atom is -0.493 e. The fourth-order valence-electron chi connectivity index (χ4n) is 2.71. The zero-order valence-electron chi connectivity index (χ0n) is 13.8. The predicted molar refractivity (Wildman–Crippen MR) is 86.4 cm³/mol. The molecule has 1 rings (SSSR count). The first-order valence-electron chi connectivity index (χ1n) is 8.27. The molecule has 0 heterocycles. The van der Waals surface area contributed by atoms with Gasteiger partial charge in [-0.15, -0.1) is 0 Å². The number of Topliss-reactive ketones (excluding diaryl/α,β-unsaturated/α-hetero) is 1. The molecule has 0 fully saturated rings. The van der Waals surface area contributed by atoms with Gasteiger partial charge in [0, 0.05) is 23.8 Å². The van der Waals surface area contributed by atoms with Crippen LogP contribution in [0.1, 0.15) is 64.7 Å². The number of methoxy groups -OCH3 is 1. The summed E-state index contributed by atoms with van der Waals surface area (Å²) in [6, 6.07) is 0. The number of ketones is 2. The van der Waals surface area contributed by atoms with Crippen molar-refractivity contribution in [1.29, 1.82) is 0 Å². The molecule has 0 saturated carbocycles. The first-order valence-corrected chi connectivity index (χ1v) is 8.27. The summed E-state index contributed by atoms with van der Waals surface area (Å²) in [5, 5.41) is 8.69. The smallest absolute Gasteiger partial charge is 0.223 e. The number of unbranched alkanes of at least 4 members (excludes halogenated alkanes) is 7. The van der Waals surface area contributed by atoms with Gasteiger partial charge in [0.05, 0.1) is 7.11 Å². The SMILES string of the molecule is COC1=CC(=O)C(CCCCCCCCCCO)=C(C)C1=O. The van der Waals surface area contributed by atoms with Gasteiger partial charge in [-0.2, -0.15) is 0 Å². The fraction of sp³-hybridized carbons (Fsp3) is 0.667. The van der Waals surface area contributed by atoms with Gasteiger partial charge in [0.2, 0.25) is 5.78 Å². The third kappa shape index (κ3) is 5.76. The first kappa shape index (κ1) is 18.6. The molecule has 0 unspecified atom stereocenters. The minimum atomic E-state index is -0.166. The molecule has 0 amide bonds. The molecule has 22 heavy (non-hydrogen) atoms. The van der Waals surface area contributed by atoms with Gasteiger partial charge < -0.3 is 9.84 Å². The molecule has 0 bridgehead atoms. The zero-order valence-corrected chi connectivity index (χ0v) is 13.8. The topological polar surface area (TPSA) is 63.6 Å². The molecule has 1 aliphatic rings. The molecular formula is C18H28O4. The third-order valence-electron chi connectivity index (χ3n) is 4.13. The molecule has 0 saturated heterocycles. The fourth-order valence-corrected chi connectivity index (χ4v) is 2.71. The van der Waals surface area contributed by atoms with E-state index in [9.17, 15) is 9.59 Å². The lowest BCUT2D eigenvalue weighted by Gasteiger charge is -2.15. The van der Waals surface area contributed by atoms with Crippen LogP contribution in [0.5, 0.6) is 0 Å². The van der Waals surface area contributed by atoms with E-state index in [1.807, 2.05) is 0 Å². The number of hydrogen-bond donors (Lipinski definition) is 1. The number of carbonyl (C=O) groups is 2. The summed E-state index contributed by atoms with van der Waals surface area (Å²) in [5.74, 6) is -0.104. The van der Waals surface area contributed by atoms with Crippen molar-refractivity contribution in [2.24, 2.45) is 0 Å². The summed E-state index contributed by atoms with van der Waals surface area (Å²) >= 11 is 0. The highest BCUT2D eigenvalue weighted by molar-refractivity contribution is 6.21. The van der Waals surface area contributed by atoms with E-state index in [1.165, 1.54) is 32.4 Å². The molecule has 0 aromatic heterocycles. The molecule has 1 N–H and O–H groups in total. The number of rotatable bonds is 11. The second-order valence-electron chi connectivity index (χ2n) is 5.81. The summed E-state index contributed by atoms with van der Waals surface area (Å²) in [6.07, 6.45) is 10.8. The van der Waals surface area contributed by atoms with Gasteiger partial charge in [-0.05, 0) is 26.2 Å². The van der Waals surface area contributed by atoms with Crippen molar-refractivity contribution in [2.75, 3.05) is 13.7 Å². The lowest BCUT2D eigenvalue weighted by atomic mass is 9.91. The van der Waals surface area contributed by atoms with Gasteiger partial charge in [0.1, 0.15) is 0 Å². The standard InChI is InChI=1S/C18H28O4/c1-14-15(16(20)13-17(22-2)18(14)21)11-9-7-5-3-4-6-8-10-12-19/h13,19H,3-12H2,1-2H3. The lowest BCUT2D eigenvalue weighted by Crippen LogP contribution is -2.18. The van der Waals surface area contributed by atoms with Crippen molar-refractivity contribution in [3.63, 3.8) is 0 Å². The number of allylic oxidation sites excluding steroid dienone is 3. The third-order valence-corrected chi connectivity index (χ3v) is 4.13. The van der Waals surface area contributed by atoms with Gasteiger partial charge >= 0.3 is 0 Å². The molecule has 4 nitrogen and oxygen atoms in total. The van der Waals surface area contributed by atoms with E-state index in [0.29, 0.717) is 24.2 Å². The Morgan fingerprint density at radius 1 is 0.955 bits per heavy atom. The van der Waals surface area contributed by atoms with Crippen LogP contribution in [0.2, 0.25) is 0 Å². The summed E-state index contributed by atoms with van der Waals surface area (Å²) in [4.78, 5) is 24.0. The molecule has 1 aliphatic carbocycles. The Bertz CT molecular complexity index is 446. The maximum Gasteiger partial charge on any atom is 0.223 e. The van der Waals surface area contributed by atoms with Gasteiger partial charge in [-0.1, -0.05) is 38.5 Å². The minimum absolute atomic E-state index is 0.0852. The number of aliphatic hydroxyl groups excluding tert-OH is 1. The molecule has 0 aliphatic heterocycles. The predicted octanol–water partition coefficient (Wildman–Crippen LogP) is 3.49. The Morgan fingerprint density at radius 3 is 2.05 bits per heavy atom. The lowest BCUT2D eigenvalue weighted by molar-refractivity contribution is -0.118. The van der Waals surface area contributed by atoms with E-state index >= 15 is 0 Å². The highest BCUT2D eigenvalue weighted by Gasteiger charge is 2.25. The molecule has 0 radical (unpaired) electrons. The number of carbonyl (C=O) groups excluding carboxylic acids is 2. The molecular weight excluding hydrogens is 280 g/mol. The maximum absolute atomic E-state index is 12.0. The van der Waals surface area contributed by atoms with Crippen LogP contribution in [0, 0.1) is 0 Å². The van der Waals surface area contributed by atoms with Crippen LogP contribution in [-0.2, 0) is 14.3 Å². The van der Waals surface area contributed by atoms with Gasteiger partial charge in [0.15, 0.2) is 11.5 Å². The average Bonchev–Trinajstić information content (AvgIpc) is 2.52. The Kier molecular flexibility index (Phi) is 8.75. The molecule has 4 heteroatoms. The van der Waals surface area contributed by atoms with E-state index in [2.05, 4.69) is 0 Å². The molecule has 0 aromatic carbocycles. The quantitative estimate of drug-likeness (QED) is 0.469. The first-order chi connectivity index (χ1) is 10.6. The van der Waals surface area contributed by atoms with Crippen LogP contribution in [-0.4, -0.2) is 30.4 Å². The van der Waals surface area contributed by atoms with Crippen LogP contribution in [0.25, 0.3) is 0 Å². The molecule has 124 valence electrons. The van der Waals surface area contributed by atoms with Crippen LogP contribution >= 0.6 is 0 Å². The molecule has 0 spiro atoms. The van der Waals surface area contributed by atoms with Crippen LogP contribution in [0.4, 0.5) is 0 Å². The second-order valence-corrected chi connectivity index (χ2v) is 5.81. The summed E-state index contributed by atoms with van der Waals surface area (Å²) in [7, 11) is 1.41. The normalized spacial score (nSPS) is 15.3. The Labute approximate surface area is 133 Å². The van der Waals surface area contributed by atoms with Crippen molar-refractivity contribution in [3.05, 3.63) is 23.0 Å². The van der Waals surface area contributed by atoms with E-state index < -0.39 is 0 Å². The Morgan fingerprint density at radius 2 is 1.50 bits per heavy atom. The van der Waals surface area contributed by atoms with E-state index in [0.717, 1.165) is 32.1 Å². The molecule has 0 aromatic rings. The zero-order chi connectivity index (χ0) is 16.4. The largest absolute Gasteiger partial charge is 0.493 e. The Hall–Kier alpha value is -1.42. The second kappa shape index (κ2) is 10.3. The average molecular weight is 308 g/mol. The van der Waals surface area contributed by atoms with E-state index in [1.54, 1.807) is 6.92 Å². The van der Waals surface area contributed by atoms with Crippen molar-refractivity contribution < 1.29 is 19.4 Å². The van der Waals surface area contributed by atoms with Crippen LogP contribution < -0.4 is 0 Å². The van der Waals surface area contributed by atoms with Crippen molar-refractivity contribution in [1.82, 2.24) is 0 Å². The summed E-state index contributed by atoms with van der Waals surface area (Å²) < 4.78 is 4.93. The summed E-state index contributed by atoms with van der Waals surface area (Å²) in [6.45, 7) is 2.00. The van der Waals surface area contributed by atoms with E-state index in [-0.39, 0.29) is 17.3 Å². The maximum atomic E-state index is 12.0. The van der Waals surface area contributed by atoms with Crippen LogP contribution in [0.3, 0.4) is 0 Å². The van der Waals surface area contributed by atoms with Gasteiger partial charge in [-0.25, -0.2) is 0 Å². The number of aliphatic hydroxyl groups is 1.